The molecule has 2 N–H and O–H groups in total. The summed E-state index contributed by atoms with van der Waals surface area (Å²) in [6.45, 7) is 2.29. The van der Waals surface area contributed by atoms with Crippen LogP contribution in [0.2, 0.25) is 0 Å². The van der Waals surface area contributed by atoms with Crippen LogP contribution in [0.25, 0.3) is 0 Å². The summed E-state index contributed by atoms with van der Waals surface area (Å²) in [4.78, 5) is 14.2. The van der Waals surface area contributed by atoms with Gasteiger partial charge in [-0.25, -0.2) is 4.98 Å². The molecular formula is C11H15N3O3. The average Bonchev–Trinajstić information content (AvgIpc) is 2.22. The van der Waals surface area contributed by atoms with E-state index in [0.717, 1.165) is 12.8 Å². The zero-order valence-corrected chi connectivity index (χ0v) is 9.63. The summed E-state index contributed by atoms with van der Waals surface area (Å²) in [5.74, 6) is 0.993. The molecule has 1 saturated carbocycles. The maximum Gasteiger partial charge on any atom is 0.290 e. The van der Waals surface area contributed by atoms with Gasteiger partial charge in [-0.2, -0.15) is 0 Å². The van der Waals surface area contributed by atoms with Crippen molar-refractivity contribution in [1.82, 2.24) is 4.98 Å². The first-order valence-electron chi connectivity index (χ1n) is 5.59. The molecule has 6 nitrogen and oxygen atoms in total. The molecule has 0 spiro atoms. The summed E-state index contributed by atoms with van der Waals surface area (Å²) < 4.78 is 5.61. The third kappa shape index (κ3) is 2.52. The van der Waals surface area contributed by atoms with E-state index in [1.807, 2.05) is 0 Å². The number of pyridine rings is 1. The van der Waals surface area contributed by atoms with Crippen molar-refractivity contribution in [2.24, 2.45) is 11.7 Å². The first-order chi connectivity index (χ1) is 8.10. The fourth-order valence-electron chi connectivity index (χ4n) is 1.92. The van der Waals surface area contributed by atoms with Gasteiger partial charge in [-0.1, -0.05) is 0 Å². The Kier molecular flexibility index (Phi) is 3.23. The van der Waals surface area contributed by atoms with Gasteiger partial charge in [0.25, 0.3) is 5.69 Å². The number of ether oxygens (including phenoxy) is 1. The molecule has 1 aliphatic carbocycles. The summed E-state index contributed by atoms with van der Waals surface area (Å²) in [6, 6.07) is 2.97. The van der Waals surface area contributed by atoms with Crippen LogP contribution in [-0.2, 0) is 0 Å². The third-order valence-electron chi connectivity index (χ3n) is 3.04. The minimum absolute atomic E-state index is 0.0193. The molecule has 17 heavy (non-hydrogen) atoms. The van der Waals surface area contributed by atoms with Crippen molar-refractivity contribution in [2.45, 2.75) is 25.9 Å². The van der Waals surface area contributed by atoms with E-state index in [2.05, 4.69) is 4.98 Å². The Morgan fingerprint density at radius 3 is 2.82 bits per heavy atom. The maximum atomic E-state index is 10.6. The second-order valence-corrected chi connectivity index (χ2v) is 4.32. The maximum absolute atomic E-state index is 10.6. The predicted molar refractivity (Wildman–Crippen MR) is 61.8 cm³/mol. The highest BCUT2D eigenvalue weighted by molar-refractivity contribution is 5.36. The SMILES string of the molecule is Cc1nc(OC2CC(CN)C2)ccc1[N+](=O)[O-]. The Labute approximate surface area is 98.9 Å². The molecule has 0 atom stereocenters. The second kappa shape index (κ2) is 4.67. The number of aryl methyl sites for hydroxylation is 1. The lowest BCUT2D eigenvalue weighted by Crippen LogP contribution is -2.37. The zero-order valence-electron chi connectivity index (χ0n) is 9.63. The molecule has 0 aromatic carbocycles. The van der Waals surface area contributed by atoms with Crippen molar-refractivity contribution in [1.29, 1.82) is 0 Å². The van der Waals surface area contributed by atoms with Crippen LogP contribution >= 0.6 is 0 Å². The van der Waals surface area contributed by atoms with Gasteiger partial charge in [0.05, 0.1) is 4.92 Å². The van der Waals surface area contributed by atoms with Gasteiger partial charge in [0.15, 0.2) is 0 Å². The van der Waals surface area contributed by atoms with Crippen LogP contribution in [0.3, 0.4) is 0 Å². The summed E-state index contributed by atoms with van der Waals surface area (Å²) in [6.07, 6.45) is 2.03. The Balaban J connectivity index is 1.99. The second-order valence-electron chi connectivity index (χ2n) is 4.32. The third-order valence-corrected chi connectivity index (χ3v) is 3.04. The van der Waals surface area contributed by atoms with Gasteiger partial charge in [-0.05, 0) is 32.2 Å². The zero-order chi connectivity index (χ0) is 12.4. The summed E-state index contributed by atoms with van der Waals surface area (Å²) in [7, 11) is 0. The number of rotatable bonds is 4. The van der Waals surface area contributed by atoms with Gasteiger partial charge in [0.2, 0.25) is 5.88 Å². The van der Waals surface area contributed by atoms with Crippen LogP contribution in [0.15, 0.2) is 12.1 Å². The van der Waals surface area contributed by atoms with Crippen LogP contribution in [-0.4, -0.2) is 22.6 Å². The summed E-state index contributed by atoms with van der Waals surface area (Å²) in [5, 5.41) is 10.6. The molecule has 2 rings (SSSR count). The van der Waals surface area contributed by atoms with Crippen molar-refractivity contribution >= 4 is 5.69 Å². The van der Waals surface area contributed by atoms with E-state index in [0.29, 0.717) is 24.0 Å². The van der Waals surface area contributed by atoms with Crippen LogP contribution in [0, 0.1) is 23.0 Å². The quantitative estimate of drug-likeness (QED) is 0.631. The molecule has 1 aliphatic rings. The van der Waals surface area contributed by atoms with E-state index in [1.54, 1.807) is 13.0 Å². The van der Waals surface area contributed by atoms with Crippen molar-refractivity contribution < 1.29 is 9.66 Å². The van der Waals surface area contributed by atoms with E-state index in [4.69, 9.17) is 10.5 Å². The van der Waals surface area contributed by atoms with Crippen LogP contribution < -0.4 is 10.5 Å². The van der Waals surface area contributed by atoms with E-state index < -0.39 is 4.92 Å². The highest BCUT2D eigenvalue weighted by Gasteiger charge is 2.30. The van der Waals surface area contributed by atoms with Crippen LogP contribution in [0.5, 0.6) is 5.88 Å². The lowest BCUT2D eigenvalue weighted by Gasteiger charge is -2.34. The number of aromatic nitrogens is 1. The molecule has 0 radical (unpaired) electrons. The monoisotopic (exact) mass is 237 g/mol. The summed E-state index contributed by atoms with van der Waals surface area (Å²) in [5.41, 5.74) is 5.92. The van der Waals surface area contributed by atoms with Crippen LogP contribution in [0.4, 0.5) is 5.69 Å². The number of nitro groups is 1. The Morgan fingerprint density at radius 2 is 2.29 bits per heavy atom. The molecule has 0 amide bonds. The van der Waals surface area contributed by atoms with Gasteiger partial charge in [-0.15, -0.1) is 0 Å². The molecule has 0 saturated heterocycles. The van der Waals surface area contributed by atoms with Gasteiger partial charge < -0.3 is 10.5 Å². The lowest BCUT2D eigenvalue weighted by atomic mass is 9.82. The normalized spacial score (nSPS) is 22.9. The fourth-order valence-corrected chi connectivity index (χ4v) is 1.92. The molecule has 0 bridgehead atoms. The van der Waals surface area contributed by atoms with Crippen molar-refractivity contribution in [3.8, 4) is 5.88 Å². The molecule has 1 heterocycles. The van der Waals surface area contributed by atoms with Gasteiger partial charge >= 0.3 is 0 Å². The topological polar surface area (TPSA) is 91.3 Å². The number of nitrogens with two attached hydrogens (primary N) is 1. The Morgan fingerprint density at radius 1 is 1.59 bits per heavy atom. The number of hydrogen-bond acceptors (Lipinski definition) is 5. The lowest BCUT2D eigenvalue weighted by molar-refractivity contribution is -0.385. The summed E-state index contributed by atoms with van der Waals surface area (Å²) >= 11 is 0. The molecule has 1 aromatic heterocycles. The average molecular weight is 237 g/mol. The van der Waals surface area contributed by atoms with Gasteiger partial charge in [0.1, 0.15) is 11.8 Å². The molecule has 1 aromatic rings. The minimum atomic E-state index is -0.445. The molecule has 0 unspecified atom stereocenters. The fraction of sp³-hybridized carbons (Fsp3) is 0.545. The largest absolute Gasteiger partial charge is 0.474 e. The molecule has 0 aliphatic heterocycles. The van der Waals surface area contributed by atoms with Gasteiger partial charge in [-0.3, -0.25) is 10.1 Å². The van der Waals surface area contributed by atoms with Crippen molar-refractivity contribution in [3.63, 3.8) is 0 Å². The van der Waals surface area contributed by atoms with E-state index in [-0.39, 0.29) is 11.8 Å². The van der Waals surface area contributed by atoms with E-state index in [9.17, 15) is 10.1 Å². The molecular weight excluding hydrogens is 222 g/mol. The van der Waals surface area contributed by atoms with Crippen LogP contribution in [0.1, 0.15) is 18.5 Å². The van der Waals surface area contributed by atoms with Gasteiger partial charge in [0, 0.05) is 12.1 Å². The molecule has 6 heteroatoms. The van der Waals surface area contributed by atoms with E-state index in [1.165, 1.54) is 6.07 Å². The highest BCUT2D eigenvalue weighted by atomic mass is 16.6. The first-order valence-corrected chi connectivity index (χ1v) is 5.59. The molecule has 1 fully saturated rings. The number of hydrogen-bond donors (Lipinski definition) is 1. The first kappa shape index (κ1) is 11.8. The minimum Gasteiger partial charge on any atom is -0.474 e. The van der Waals surface area contributed by atoms with Crippen molar-refractivity contribution in [3.05, 3.63) is 27.9 Å². The highest BCUT2D eigenvalue weighted by Crippen LogP contribution is 2.30. The Hall–Kier alpha value is -1.69. The predicted octanol–water partition coefficient (Wildman–Crippen LogP) is 1.41. The molecule has 92 valence electrons. The van der Waals surface area contributed by atoms with E-state index >= 15 is 0 Å². The Bertz CT molecular complexity index is 430. The number of nitrogens with zero attached hydrogens (tertiary/aromatic N) is 2. The standard InChI is InChI=1S/C11H15N3O3/c1-7-10(14(15)16)2-3-11(13-7)17-9-4-8(5-9)6-12/h2-3,8-9H,4-6,12H2,1H3. The van der Waals surface area contributed by atoms with Crippen molar-refractivity contribution in [2.75, 3.05) is 6.54 Å². The smallest absolute Gasteiger partial charge is 0.290 e.